The van der Waals surface area contributed by atoms with Crippen molar-refractivity contribution in [2.75, 3.05) is 0 Å². The fraction of sp³-hybridized carbons (Fsp3) is 0.222. The van der Waals surface area contributed by atoms with Crippen LogP contribution < -0.4 is 27.1 Å². The molecule has 0 amide bonds. The maximum Gasteiger partial charge on any atom is 0.460 e. The predicted molar refractivity (Wildman–Crippen MR) is 274 cm³/mol. The summed E-state index contributed by atoms with van der Waals surface area (Å²) in [6, 6.07) is 56.1. The Bertz CT molecular complexity index is 2670. The van der Waals surface area contributed by atoms with Gasteiger partial charge in [-0.1, -0.05) is 86.3 Å². The number of hydrogen-bond acceptors (Lipinski definition) is 15. The van der Waals surface area contributed by atoms with E-state index in [4.69, 9.17) is 40.7 Å². The summed E-state index contributed by atoms with van der Waals surface area (Å²) >= 11 is 0. The normalized spacial score (nSPS) is 13.4. The zero-order valence-corrected chi connectivity index (χ0v) is 41.8. The van der Waals surface area contributed by atoms with E-state index in [1.165, 1.54) is 0 Å². The molecule has 6 aromatic carbocycles. The number of hydrogen-bond donors (Lipinski definition) is 0. The van der Waals surface area contributed by atoms with E-state index in [1.54, 1.807) is 72.8 Å². The Hall–Kier alpha value is -8.25. The van der Waals surface area contributed by atoms with Crippen LogP contribution in [0.2, 0.25) is 0 Å². The van der Waals surface area contributed by atoms with Gasteiger partial charge in [0.05, 0.1) is 36.4 Å². The van der Waals surface area contributed by atoms with Crippen LogP contribution in [0.4, 0.5) is 0 Å². The molecule has 6 aromatic rings. The second kappa shape index (κ2) is 25.6. The molecule has 1 aliphatic rings. The van der Waals surface area contributed by atoms with Gasteiger partial charge in [-0.3, -0.25) is 0 Å². The first kappa shape index (κ1) is 51.6. The third-order valence-electron chi connectivity index (χ3n) is 10.7. The van der Waals surface area contributed by atoms with Crippen molar-refractivity contribution in [3.8, 4) is 70.9 Å². The van der Waals surface area contributed by atoms with Crippen LogP contribution in [0.15, 0.2) is 159 Å². The van der Waals surface area contributed by atoms with Gasteiger partial charge in [0.1, 0.15) is 34.5 Å². The van der Waals surface area contributed by atoms with Gasteiger partial charge in [-0.05, 0) is 145 Å². The average Bonchev–Trinajstić information content (AvgIpc) is 3.39. The Morgan fingerprint density at radius 3 is 0.514 bits per heavy atom. The van der Waals surface area contributed by atoms with Crippen LogP contribution >= 0.6 is 23.0 Å². The molecule has 0 radical (unpaired) electrons. The molecule has 1 heterocycles. The minimum absolute atomic E-state index is 0.299. The van der Waals surface area contributed by atoms with Crippen molar-refractivity contribution < 1.29 is 27.1 Å². The molecule has 0 saturated carbocycles. The van der Waals surface area contributed by atoms with Gasteiger partial charge in [-0.15, -0.1) is 0 Å². The summed E-state index contributed by atoms with van der Waals surface area (Å²) < 4.78 is 58.1. The zero-order chi connectivity index (χ0) is 50.5. The molecule has 0 aliphatic carbocycles. The minimum atomic E-state index is -4.29. The lowest BCUT2D eigenvalue weighted by atomic mass is 10.1. The van der Waals surface area contributed by atoms with Gasteiger partial charge in [0.15, 0.2) is 0 Å². The molecule has 7 rings (SSSR count). The maximum absolute atomic E-state index is 9.32. The predicted octanol–water partition coefficient (Wildman–Crippen LogP) is 15.0. The van der Waals surface area contributed by atoms with E-state index in [1.807, 2.05) is 72.8 Å². The molecule has 360 valence electrons. The summed E-state index contributed by atoms with van der Waals surface area (Å²) in [5, 5.41) is 55.9. The number of aryl methyl sites for hydroxylation is 6. The van der Waals surface area contributed by atoms with Crippen molar-refractivity contribution in [2.45, 2.75) is 77.0 Å². The Labute approximate surface area is 420 Å². The molecule has 0 atom stereocenters. The van der Waals surface area contributed by atoms with Crippen molar-refractivity contribution in [1.29, 1.82) is 31.6 Å². The van der Waals surface area contributed by atoms with Crippen molar-refractivity contribution in [2.24, 2.45) is 13.5 Å². The van der Waals surface area contributed by atoms with E-state index < -0.39 is 23.0 Å². The molecule has 0 bridgehead atoms. The molecule has 0 N–H and O–H groups in total. The number of nitriles is 6. The lowest BCUT2D eigenvalue weighted by Crippen LogP contribution is -2.11. The van der Waals surface area contributed by atoms with Gasteiger partial charge >= 0.3 is 23.0 Å². The van der Waals surface area contributed by atoms with Crippen LogP contribution in [-0.4, -0.2) is 0 Å². The van der Waals surface area contributed by atoms with Crippen LogP contribution in [0, 0.1) is 68.0 Å². The highest BCUT2D eigenvalue weighted by Crippen LogP contribution is 2.78. The van der Waals surface area contributed by atoms with Gasteiger partial charge in [0.2, 0.25) is 0 Å². The Morgan fingerprint density at radius 1 is 0.250 bits per heavy atom. The maximum atomic E-state index is 9.32. The van der Waals surface area contributed by atoms with Crippen LogP contribution in [0.3, 0.4) is 0 Å². The standard InChI is InChI=1S/C54H48N9O6P3/c55-37-1-7-43-13-25-49(26-14-43)64-70(65-50-27-15-44(16-28-50)8-2-38-56)61-71(66-51-29-17-45(18-30-51)9-3-39-57,67-52-31-19-46(20-32-52)10-4-40-58)63-72(62-70,68-53-33-21-47(22-34-53)11-5-41-59)69-54-35-23-48(24-36-54)12-6-42-60/h13-36H,1-12H2. The van der Waals surface area contributed by atoms with E-state index in [9.17, 15) is 31.6 Å². The number of nitrogens with zero attached hydrogens (tertiary/aromatic N) is 9. The number of benzene rings is 6. The van der Waals surface area contributed by atoms with E-state index >= 15 is 0 Å². The molecular formula is C54H48N9O6P3. The van der Waals surface area contributed by atoms with Crippen LogP contribution in [0.25, 0.3) is 0 Å². The summed E-state index contributed by atoms with van der Waals surface area (Å²) in [6.45, 7) is 0. The highest BCUT2D eigenvalue weighted by atomic mass is 31.3. The first-order valence-corrected chi connectivity index (χ1v) is 27.6. The van der Waals surface area contributed by atoms with Crippen molar-refractivity contribution in [3.63, 3.8) is 0 Å². The summed E-state index contributed by atoms with van der Waals surface area (Å²) in [5.74, 6) is 1.79. The van der Waals surface area contributed by atoms with Crippen LogP contribution in [0.5, 0.6) is 34.5 Å². The molecular weight excluding hydrogens is 964 g/mol. The lowest BCUT2D eigenvalue weighted by Gasteiger charge is -2.33. The van der Waals surface area contributed by atoms with Crippen LogP contribution in [0.1, 0.15) is 71.9 Å². The number of rotatable bonds is 24. The topological polar surface area (TPSA) is 235 Å². The second-order valence-electron chi connectivity index (χ2n) is 16.1. The van der Waals surface area contributed by atoms with Crippen LogP contribution in [-0.2, 0) is 38.5 Å². The van der Waals surface area contributed by atoms with Crippen molar-refractivity contribution in [3.05, 3.63) is 179 Å². The molecule has 0 unspecified atom stereocenters. The van der Waals surface area contributed by atoms with E-state index in [2.05, 4.69) is 36.4 Å². The minimum Gasteiger partial charge on any atom is -0.413 e. The monoisotopic (exact) mass is 1010 g/mol. The molecule has 0 aromatic heterocycles. The third-order valence-corrected chi connectivity index (χ3v) is 18.8. The first-order valence-electron chi connectivity index (χ1n) is 23.0. The Balaban J connectivity index is 1.53. The lowest BCUT2D eigenvalue weighted by molar-refractivity contribution is 0.442. The SMILES string of the molecule is N#CCCc1ccc(OP2(Oc3ccc(CCC#N)cc3)=NP(Oc3ccc(CCC#N)cc3)(Oc3ccc(CCC#N)cc3)=NP(Oc3ccc(CCC#N)cc3)(Oc3ccc(CCC#N)cc3)=N2)cc1. The highest BCUT2D eigenvalue weighted by molar-refractivity contribution is 7.79. The van der Waals surface area contributed by atoms with E-state index in [0.29, 0.717) is 112 Å². The first-order chi connectivity index (χ1) is 35.2. The summed E-state index contributed by atoms with van der Waals surface area (Å²) in [7, 11) is -12.9. The van der Waals surface area contributed by atoms with E-state index in [0.717, 1.165) is 33.4 Å². The Morgan fingerprint density at radius 2 is 0.389 bits per heavy atom. The summed E-state index contributed by atoms with van der Waals surface area (Å²) in [5.41, 5.74) is 5.38. The quantitative estimate of drug-likeness (QED) is 0.0515. The molecule has 15 nitrogen and oxygen atoms in total. The average molecular weight is 1010 g/mol. The Kier molecular flexibility index (Phi) is 18.3. The van der Waals surface area contributed by atoms with Crippen molar-refractivity contribution >= 4 is 23.0 Å². The molecule has 0 fully saturated rings. The fourth-order valence-electron chi connectivity index (χ4n) is 7.08. The van der Waals surface area contributed by atoms with Gasteiger partial charge in [-0.25, -0.2) is 0 Å². The molecule has 18 heteroatoms. The third kappa shape index (κ3) is 14.9. The van der Waals surface area contributed by atoms with E-state index in [-0.39, 0.29) is 0 Å². The smallest absolute Gasteiger partial charge is 0.413 e. The highest BCUT2D eigenvalue weighted by Gasteiger charge is 2.49. The molecule has 0 spiro atoms. The summed E-state index contributed by atoms with van der Waals surface area (Å²) in [6.07, 6.45) is 4.99. The zero-order valence-electron chi connectivity index (χ0n) is 39.2. The largest absolute Gasteiger partial charge is 0.460 e. The van der Waals surface area contributed by atoms with Gasteiger partial charge < -0.3 is 27.1 Å². The van der Waals surface area contributed by atoms with Gasteiger partial charge in [-0.2, -0.15) is 31.6 Å². The van der Waals surface area contributed by atoms with Crippen molar-refractivity contribution in [1.82, 2.24) is 0 Å². The second-order valence-corrected chi connectivity index (χ2v) is 22.3. The summed E-state index contributed by atoms with van der Waals surface area (Å²) in [4.78, 5) is 0. The molecule has 72 heavy (non-hydrogen) atoms. The van der Waals surface area contributed by atoms with Gasteiger partial charge in [0, 0.05) is 38.5 Å². The molecule has 1 aliphatic heterocycles. The fourth-order valence-corrected chi connectivity index (χ4v) is 16.2. The molecule has 0 saturated heterocycles. The van der Waals surface area contributed by atoms with Gasteiger partial charge in [0.25, 0.3) is 0 Å².